The number of nitrogens with one attached hydrogen (secondary N) is 1. The Bertz CT molecular complexity index is 482. The maximum absolute atomic E-state index is 13.1. The Morgan fingerprint density at radius 1 is 1.24 bits per heavy atom. The summed E-state index contributed by atoms with van der Waals surface area (Å²) in [5.41, 5.74) is 0.697. The van der Waals surface area contributed by atoms with Crippen molar-refractivity contribution < 1.29 is 13.2 Å². The van der Waals surface area contributed by atoms with Crippen molar-refractivity contribution in [2.75, 3.05) is 7.05 Å². The SMILES string of the molecule is CNC(Cc1ccco1)c1ccc(F)c(F)c1. The van der Waals surface area contributed by atoms with Crippen LogP contribution in [0.3, 0.4) is 0 Å². The minimum atomic E-state index is -0.832. The average Bonchev–Trinajstić information content (AvgIpc) is 2.82. The Kier molecular flexibility index (Phi) is 3.54. The van der Waals surface area contributed by atoms with Crippen molar-refractivity contribution in [3.05, 3.63) is 59.6 Å². The lowest BCUT2D eigenvalue weighted by atomic mass is 10.0. The van der Waals surface area contributed by atoms with Crippen molar-refractivity contribution in [3.63, 3.8) is 0 Å². The Hall–Kier alpha value is -1.68. The fourth-order valence-electron chi connectivity index (χ4n) is 1.75. The van der Waals surface area contributed by atoms with Crippen LogP contribution in [-0.4, -0.2) is 7.05 Å². The van der Waals surface area contributed by atoms with Crippen molar-refractivity contribution in [3.8, 4) is 0 Å². The number of likely N-dealkylation sites (N-methyl/N-ethyl adjacent to an activating group) is 1. The van der Waals surface area contributed by atoms with Gasteiger partial charge in [-0.3, -0.25) is 0 Å². The van der Waals surface area contributed by atoms with Gasteiger partial charge in [0.05, 0.1) is 6.26 Å². The van der Waals surface area contributed by atoms with Gasteiger partial charge in [-0.15, -0.1) is 0 Å². The van der Waals surface area contributed by atoms with E-state index in [1.807, 2.05) is 6.07 Å². The minimum Gasteiger partial charge on any atom is -0.469 e. The Labute approximate surface area is 98.3 Å². The first-order chi connectivity index (χ1) is 8.20. The topological polar surface area (TPSA) is 25.2 Å². The third kappa shape index (κ3) is 2.71. The van der Waals surface area contributed by atoms with Gasteiger partial charge in [0.1, 0.15) is 5.76 Å². The lowest BCUT2D eigenvalue weighted by molar-refractivity contribution is 0.461. The summed E-state index contributed by atoms with van der Waals surface area (Å²) in [7, 11) is 1.77. The summed E-state index contributed by atoms with van der Waals surface area (Å²) in [6, 6.07) is 7.47. The van der Waals surface area contributed by atoms with Gasteiger partial charge in [0, 0.05) is 12.5 Å². The maximum atomic E-state index is 13.1. The van der Waals surface area contributed by atoms with Gasteiger partial charge < -0.3 is 9.73 Å². The molecule has 1 atom stereocenters. The van der Waals surface area contributed by atoms with Gasteiger partial charge in [-0.05, 0) is 36.9 Å². The molecule has 2 rings (SSSR count). The van der Waals surface area contributed by atoms with E-state index >= 15 is 0 Å². The van der Waals surface area contributed by atoms with E-state index in [1.54, 1.807) is 25.4 Å². The summed E-state index contributed by atoms with van der Waals surface area (Å²) in [5.74, 6) is -0.863. The van der Waals surface area contributed by atoms with Crippen molar-refractivity contribution >= 4 is 0 Å². The van der Waals surface area contributed by atoms with Crippen molar-refractivity contribution in [2.45, 2.75) is 12.5 Å². The first-order valence-electron chi connectivity index (χ1n) is 5.35. The van der Waals surface area contributed by atoms with Crippen LogP contribution < -0.4 is 5.32 Å². The van der Waals surface area contributed by atoms with Crippen LogP contribution in [0.2, 0.25) is 0 Å². The van der Waals surface area contributed by atoms with Crippen LogP contribution in [0.4, 0.5) is 8.78 Å². The van der Waals surface area contributed by atoms with E-state index in [1.165, 1.54) is 6.07 Å². The normalized spacial score (nSPS) is 12.6. The molecule has 0 fully saturated rings. The molecule has 17 heavy (non-hydrogen) atoms. The van der Waals surface area contributed by atoms with Crippen molar-refractivity contribution in [1.82, 2.24) is 5.32 Å². The molecule has 0 aliphatic carbocycles. The van der Waals surface area contributed by atoms with Gasteiger partial charge >= 0.3 is 0 Å². The highest BCUT2D eigenvalue weighted by Crippen LogP contribution is 2.20. The molecule has 0 radical (unpaired) electrons. The van der Waals surface area contributed by atoms with Crippen LogP contribution in [0.1, 0.15) is 17.4 Å². The highest BCUT2D eigenvalue weighted by atomic mass is 19.2. The van der Waals surface area contributed by atoms with Crippen LogP contribution in [-0.2, 0) is 6.42 Å². The van der Waals surface area contributed by atoms with Gasteiger partial charge in [-0.25, -0.2) is 8.78 Å². The molecular weight excluding hydrogens is 224 g/mol. The highest BCUT2D eigenvalue weighted by Gasteiger charge is 2.13. The number of hydrogen-bond donors (Lipinski definition) is 1. The lowest BCUT2D eigenvalue weighted by Crippen LogP contribution is -2.18. The molecule has 0 aliphatic rings. The van der Waals surface area contributed by atoms with Crippen LogP contribution in [0.25, 0.3) is 0 Å². The Morgan fingerprint density at radius 2 is 2.06 bits per heavy atom. The number of rotatable bonds is 4. The molecule has 0 saturated carbocycles. The monoisotopic (exact) mass is 237 g/mol. The number of hydrogen-bond acceptors (Lipinski definition) is 2. The fourth-order valence-corrected chi connectivity index (χ4v) is 1.75. The van der Waals surface area contributed by atoms with Crippen LogP contribution in [0.5, 0.6) is 0 Å². The van der Waals surface area contributed by atoms with Crippen molar-refractivity contribution in [1.29, 1.82) is 0 Å². The number of halogens is 2. The zero-order valence-electron chi connectivity index (χ0n) is 9.41. The van der Waals surface area contributed by atoms with E-state index < -0.39 is 11.6 Å². The summed E-state index contributed by atoms with van der Waals surface area (Å²) in [4.78, 5) is 0. The third-order valence-corrected chi connectivity index (χ3v) is 2.68. The summed E-state index contributed by atoms with van der Waals surface area (Å²) < 4.78 is 31.2. The van der Waals surface area contributed by atoms with E-state index in [2.05, 4.69) is 5.32 Å². The summed E-state index contributed by atoms with van der Waals surface area (Å²) >= 11 is 0. The first-order valence-corrected chi connectivity index (χ1v) is 5.35. The molecule has 1 unspecified atom stereocenters. The van der Waals surface area contributed by atoms with E-state index in [0.29, 0.717) is 12.0 Å². The minimum absolute atomic E-state index is 0.101. The molecule has 90 valence electrons. The van der Waals surface area contributed by atoms with E-state index in [4.69, 9.17) is 4.42 Å². The summed E-state index contributed by atoms with van der Waals surface area (Å²) in [5, 5.41) is 3.05. The third-order valence-electron chi connectivity index (χ3n) is 2.68. The molecule has 0 amide bonds. The first kappa shape index (κ1) is 11.8. The fraction of sp³-hybridized carbons (Fsp3) is 0.231. The summed E-state index contributed by atoms with van der Waals surface area (Å²) in [6.45, 7) is 0. The zero-order chi connectivity index (χ0) is 12.3. The smallest absolute Gasteiger partial charge is 0.159 e. The average molecular weight is 237 g/mol. The standard InChI is InChI=1S/C13H13F2NO/c1-16-13(8-10-3-2-6-17-10)9-4-5-11(14)12(15)7-9/h2-7,13,16H,8H2,1H3. The molecule has 1 heterocycles. The zero-order valence-corrected chi connectivity index (χ0v) is 9.41. The second-order valence-corrected chi connectivity index (χ2v) is 3.80. The predicted molar refractivity (Wildman–Crippen MR) is 60.6 cm³/mol. The van der Waals surface area contributed by atoms with Crippen molar-refractivity contribution in [2.24, 2.45) is 0 Å². The molecular formula is C13H13F2NO. The Morgan fingerprint density at radius 3 is 2.65 bits per heavy atom. The van der Waals surface area contributed by atoms with Crippen LogP contribution >= 0.6 is 0 Å². The van der Waals surface area contributed by atoms with Crippen LogP contribution in [0, 0.1) is 11.6 Å². The highest BCUT2D eigenvalue weighted by molar-refractivity contribution is 5.22. The van der Waals surface area contributed by atoms with Crippen LogP contribution in [0.15, 0.2) is 41.0 Å². The van der Waals surface area contributed by atoms with E-state index in [-0.39, 0.29) is 6.04 Å². The number of benzene rings is 1. The quantitative estimate of drug-likeness (QED) is 0.884. The second kappa shape index (κ2) is 5.10. The van der Waals surface area contributed by atoms with E-state index in [9.17, 15) is 8.78 Å². The largest absolute Gasteiger partial charge is 0.469 e. The molecule has 1 aromatic heterocycles. The van der Waals surface area contributed by atoms with Gasteiger partial charge in [-0.1, -0.05) is 6.07 Å². The lowest BCUT2D eigenvalue weighted by Gasteiger charge is -2.15. The maximum Gasteiger partial charge on any atom is 0.159 e. The van der Waals surface area contributed by atoms with E-state index in [0.717, 1.165) is 11.8 Å². The molecule has 0 bridgehead atoms. The molecule has 1 aromatic carbocycles. The molecule has 0 spiro atoms. The molecule has 0 saturated heterocycles. The van der Waals surface area contributed by atoms with Gasteiger partial charge in [0.2, 0.25) is 0 Å². The molecule has 0 aliphatic heterocycles. The van der Waals surface area contributed by atoms with Gasteiger partial charge in [0.25, 0.3) is 0 Å². The van der Waals surface area contributed by atoms with Gasteiger partial charge in [0.15, 0.2) is 11.6 Å². The van der Waals surface area contributed by atoms with Gasteiger partial charge in [-0.2, -0.15) is 0 Å². The number of furan rings is 1. The molecule has 2 aromatic rings. The molecule has 4 heteroatoms. The second-order valence-electron chi connectivity index (χ2n) is 3.80. The predicted octanol–water partition coefficient (Wildman–Crippen LogP) is 3.06. The molecule has 2 nitrogen and oxygen atoms in total. The molecule has 1 N–H and O–H groups in total. The summed E-state index contributed by atoms with van der Waals surface area (Å²) in [6.07, 6.45) is 2.18. The Balaban J connectivity index is 2.20.